The Morgan fingerprint density at radius 2 is 1.78 bits per heavy atom. The van der Waals surface area contributed by atoms with Crippen LogP contribution in [0.2, 0.25) is 0 Å². The maximum atomic E-state index is 2.25. The van der Waals surface area contributed by atoms with E-state index in [9.17, 15) is 0 Å². The van der Waals surface area contributed by atoms with Gasteiger partial charge in [0.1, 0.15) is 5.69 Å². The molecule has 0 atom stereocenters. The smallest absolute Gasteiger partial charge is 0.281 e. The number of hydrogen-bond donors (Lipinski definition) is 0. The first-order valence-electron chi connectivity index (χ1n) is 6.01. The van der Waals surface area contributed by atoms with Crippen LogP contribution < -0.4 is 21.9 Å². The first-order chi connectivity index (χ1) is 8.22. The Hall–Kier alpha value is -1.54. The molecule has 0 N–H and O–H groups in total. The van der Waals surface area contributed by atoms with Crippen LogP contribution in [0, 0.1) is 6.92 Å². The highest BCUT2D eigenvalue weighted by molar-refractivity contribution is 5.57. The second kappa shape index (κ2) is 6.41. The second-order valence-corrected chi connectivity index (χ2v) is 4.24. The third-order valence-electron chi connectivity index (χ3n) is 3.00. The highest BCUT2D eigenvalue weighted by Gasteiger charge is 2.16. The number of hydrogen-bond acceptors (Lipinski definition) is 1. The molecule has 2 rings (SSSR count). The lowest BCUT2D eigenvalue weighted by molar-refractivity contribution is -0.680. The van der Waals surface area contributed by atoms with Gasteiger partial charge in [0.25, 0.3) is 5.82 Å². The predicted molar refractivity (Wildman–Crippen MR) is 71.6 cm³/mol. The van der Waals surface area contributed by atoms with Crippen LogP contribution in [0.25, 0.3) is 0 Å². The standard InChI is InChI=1S/C15H19N2.ClH/c1-4-17-11-10-13(2)12-15(17)16(3)14-8-6-5-7-9-14;/h5-12H,4H2,1-3H3;1H/q+1;/p-1. The summed E-state index contributed by atoms with van der Waals surface area (Å²) in [5.74, 6) is 1.22. The molecule has 2 nitrogen and oxygen atoms in total. The van der Waals surface area contributed by atoms with Crippen LogP contribution >= 0.6 is 0 Å². The van der Waals surface area contributed by atoms with E-state index in [2.05, 4.69) is 73.0 Å². The van der Waals surface area contributed by atoms with E-state index >= 15 is 0 Å². The Balaban J connectivity index is 0.00000162. The van der Waals surface area contributed by atoms with Crippen molar-refractivity contribution in [3.63, 3.8) is 0 Å². The average Bonchev–Trinajstić information content (AvgIpc) is 2.39. The van der Waals surface area contributed by atoms with Gasteiger partial charge in [-0.1, -0.05) is 18.2 Å². The van der Waals surface area contributed by atoms with Gasteiger partial charge in [0.15, 0.2) is 0 Å². The number of anilines is 2. The van der Waals surface area contributed by atoms with E-state index in [-0.39, 0.29) is 12.4 Å². The van der Waals surface area contributed by atoms with E-state index in [1.54, 1.807) is 0 Å². The molecule has 0 saturated heterocycles. The van der Waals surface area contributed by atoms with E-state index in [4.69, 9.17) is 0 Å². The van der Waals surface area contributed by atoms with E-state index in [1.165, 1.54) is 17.1 Å². The molecule has 0 unspecified atom stereocenters. The summed E-state index contributed by atoms with van der Waals surface area (Å²) < 4.78 is 2.25. The van der Waals surface area contributed by atoms with Crippen LogP contribution in [0.1, 0.15) is 12.5 Å². The zero-order valence-electron chi connectivity index (χ0n) is 11.1. The van der Waals surface area contributed by atoms with Gasteiger partial charge in [-0.25, -0.2) is 9.47 Å². The average molecular weight is 263 g/mol. The van der Waals surface area contributed by atoms with Crippen LogP contribution in [0.4, 0.5) is 11.5 Å². The highest BCUT2D eigenvalue weighted by atomic mass is 35.5. The molecular weight excluding hydrogens is 244 g/mol. The van der Waals surface area contributed by atoms with Crippen LogP contribution in [0.5, 0.6) is 0 Å². The van der Waals surface area contributed by atoms with Gasteiger partial charge in [-0.15, -0.1) is 0 Å². The van der Waals surface area contributed by atoms with Crippen molar-refractivity contribution in [1.29, 1.82) is 0 Å². The van der Waals surface area contributed by atoms with Crippen molar-refractivity contribution in [2.75, 3.05) is 11.9 Å². The minimum atomic E-state index is 0. The molecular formula is C15H19ClN2. The molecule has 96 valence electrons. The largest absolute Gasteiger partial charge is 1.00 e. The molecule has 2 aromatic rings. The highest BCUT2D eigenvalue weighted by Crippen LogP contribution is 2.20. The first kappa shape index (κ1) is 14.5. The Bertz CT molecular complexity index is 497. The van der Waals surface area contributed by atoms with Crippen molar-refractivity contribution in [2.24, 2.45) is 0 Å². The molecule has 0 fully saturated rings. The minimum absolute atomic E-state index is 0. The summed E-state index contributed by atoms with van der Waals surface area (Å²) >= 11 is 0. The summed E-state index contributed by atoms with van der Waals surface area (Å²) in [5.41, 5.74) is 2.49. The summed E-state index contributed by atoms with van der Waals surface area (Å²) in [6.07, 6.45) is 2.14. The number of halogens is 1. The van der Waals surface area contributed by atoms with Crippen LogP contribution in [-0.2, 0) is 6.54 Å². The minimum Gasteiger partial charge on any atom is -1.00 e. The lowest BCUT2D eigenvalue weighted by Gasteiger charge is -2.14. The van der Waals surface area contributed by atoms with Gasteiger partial charge >= 0.3 is 0 Å². The fraction of sp³-hybridized carbons (Fsp3) is 0.267. The Labute approximate surface area is 115 Å². The predicted octanol–water partition coefficient (Wildman–Crippen LogP) is 0.0743. The van der Waals surface area contributed by atoms with Gasteiger partial charge in [-0.05, 0) is 37.6 Å². The third kappa shape index (κ3) is 3.02. The third-order valence-corrected chi connectivity index (χ3v) is 3.00. The SMILES string of the molecule is CC[n+]1ccc(C)cc1N(C)c1ccccc1.[Cl-]. The molecule has 0 bridgehead atoms. The lowest BCUT2D eigenvalue weighted by Crippen LogP contribution is -3.00. The lowest BCUT2D eigenvalue weighted by atomic mass is 10.2. The molecule has 0 aliphatic carbocycles. The maximum absolute atomic E-state index is 2.25. The molecule has 3 heteroatoms. The molecule has 0 spiro atoms. The number of aryl methyl sites for hydroxylation is 2. The van der Waals surface area contributed by atoms with Crippen LogP contribution in [-0.4, -0.2) is 7.05 Å². The van der Waals surface area contributed by atoms with Gasteiger partial charge in [-0.3, -0.25) is 0 Å². The van der Waals surface area contributed by atoms with Gasteiger partial charge in [-0.2, -0.15) is 0 Å². The van der Waals surface area contributed by atoms with Crippen molar-refractivity contribution >= 4 is 11.5 Å². The number of pyridine rings is 1. The van der Waals surface area contributed by atoms with Crippen molar-refractivity contribution in [2.45, 2.75) is 20.4 Å². The Kier molecular flexibility index (Phi) is 5.17. The van der Waals surface area contributed by atoms with Gasteiger partial charge in [0, 0.05) is 6.07 Å². The number of aromatic nitrogens is 1. The Morgan fingerprint density at radius 3 is 2.39 bits per heavy atom. The molecule has 0 saturated carbocycles. The summed E-state index contributed by atoms with van der Waals surface area (Å²) in [5, 5.41) is 0. The monoisotopic (exact) mass is 262 g/mol. The fourth-order valence-corrected chi connectivity index (χ4v) is 1.96. The van der Waals surface area contributed by atoms with Crippen molar-refractivity contribution in [3.8, 4) is 0 Å². The van der Waals surface area contributed by atoms with Gasteiger partial charge in [0.2, 0.25) is 0 Å². The molecule has 1 heterocycles. The van der Waals surface area contributed by atoms with Crippen molar-refractivity contribution in [3.05, 3.63) is 54.2 Å². The number of para-hydroxylation sites is 1. The molecule has 1 aromatic carbocycles. The second-order valence-electron chi connectivity index (χ2n) is 4.24. The van der Waals surface area contributed by atoms with Crippen molar-refractivity contribution in [1.82, 2.24) is 0 Å². The van der Waals surface area contributed by atoms with E-state index in [0.717, 1.165) is 6.54 Å². The van der Waals surface area contributed by atoms with Crippen LogP contribution in [0.3, 0.4) is 0 Å². The molecule has 0 amide bonds. The Morgan fingerprint density at radius 1 is 1.11 bits per heavy atom. The number of nitrogens with zero attached hydrogens (tertiary/aromatic N) is 2. The van der Waals surface area contributed by atoms with Gasteiger partial charge in [0.05, 0.1) is 19.8 Å². The van der Waals surface area contributed by atoms with Crippen LogP contribution in [0.15, 0.2) is 48.7 Å². The quantitative estimate of drug-likeness (QED) is 0.711. The van der Waals surface area contributed by atoms with E-state index in [0.29, 0.717) is 0 Å². The fourth-order valence-electron chi connectivity index (χ4n) is 1.96. The van der Waals surface area contributed by atoms with E-state index in [1.807, 2.05) is 6.07 Å². The molecule has 0 aliphatic heterocycles. The van der Waals surface area contributed by atoms with E-state index < -0.39 is 0 Å². The molecule has 0 aliphatic rings. The summed E-state index contributed by atoms with van der Waals surface area (Å²) in [6, 6.07) is 14.8. The normalized spacial score (nSPS) is 9.72. The molecule has 1 aromatic heterocycles. The summed E-state index contributed by atoms with van der Waals surface area (Å²) in [6.45, 7) is 5.27. The summed E-state index contributed by atoms with van der Waals surface area (Å²) in [7, 11) is 2.11. The zero-order valence-corrected chi connectivity index (χ0v) is 11.9. The summed E-state index contributed by atoms with van der Waals surface area (Å²) in [4.78, 5) is 2.22. The first-order valence-corrected chi connectivity index (χ1v) is 6.01. The maximum Gasteiger partial charge on any atom is 0.281 e. The molecule has 0 radical (unpaired) electrons. The van der Waals surface area contributed by atoms with Gasteiger partial charge < -0.3 is 12.4 Å². The molecule has 18 heavy (non-hydrogen) atoms. The number of rotatable bonds is 3. The number of benzene rings is 1. The topological polar surface area (TPSA) is 7.12 Å². The zero-order chi connectivity index (χ0) is 12.3. The van der Waals surface area contributed by atoms with Crippen molar-refractivity contribution < 1.29 is 17.0 Å².